The lowest BCUT2D eigenvalue weighted by molar-refractivity contribution is -0.122. The topological polar surface area (TPSA) is 112 Å². The molecule has 0 bridgehead atoms. The molecule has 10 heteroatoms. The predicted octanol–water partition coefficient (Wildman–Crippen LogP) is 3.37. The predicted molar refractivity (Wildman–Crippen MR) is 126 cm³/mol. The largest absolute Gasteiger partial charge is 0.376 e. The molecule has 0 spiro atoms. The zero-order chi connectivity index (χ0) is 23.7. The summed E-state index contributed by atoms with van der Waals surface area (Å²) >= 11 is 5.95. The van der Waals surface area contributed by atoms with E-state index in [1.807, 2.05) is 6.92 Å². The van der Waals surface area contributed by atoms with Gasteiger partial charge in [-0.15, -0.1) is 0 Å². The molecule has 1 atom stereocenters. The van der Waals surface area contributed by atoms with Crippen molar-refractivity contribution in [2.24, 2.45) is 0 Å². The molecular weight excluding hydrogens is 458 g/mol. The van der Waals surface area contributed by atoms with Crippen molar-refractivity contribution in [2.45, 2.75) is 32.4 Å². The van der Waals surface area contributed by atoms with Gasteiger partial charge < -0.3 is 19.1 Å². The summed E-state index contributed by atoms with van der Waals surface area (Å²) in [7, 11) is 0. The molecule has 0 radical (unpaired) electrons. The Morgan fingerprint density at radius 3 is 2.79 bits per heavy atom. The van der Waals surface area contributed by atoms with E-state index >= 15 is 0 Å². The van der Waals surface area contributed by atoms with Gasteiger partial charge in [0.15, 0.2) is 0 Å². The summed E-state index contributed by atoms with van der Waals surface area (Å²) in [5.41, 5.74) is 1.74. The molecule has 3 aromatic heterocycles. The molecule has 1 saturated heterocycles. The van der Waals surface area contributed by atoms with Crippen LogP contribution in [0.5, 0.6) is 0 Å². The second-order valence-corrected chi connectivity index (χ2v) is 8.63. The van der Waals surface area contributed by atoms with Crippen LogP contribution in [-0.2, 0) is 16.1 Å². The number of nitrogens with one attached hydrogen (secondary N) is 1. The number of rotatable bonds is 6. The molecular formula is C24H22ClN5O4. The van der Waals surface area contributed by atoms with Crippen molar-refractivity contribution >= 4 is 28.5 Å². The van der Waals surface area contributed by atoms with Gasteiger partial charge in [-0.1, -0.05) is 16.8 Å². The highest BCUT2D eigenvalue weighted by Crippen LogP contribution is 2.23. The normalized spacial score (nSPS) is 15.6. The number of halogens is 1. The van der Waals surface area contributed by atoms with E-state index in [1.165, 1.54) is 0 Å². The molecule has 0 unspecified atom stereocenters. The average molecular weight is 480 g/mol. The molecule has 5 rings (SSSR count). The lowest BCUT2D eigenvalue weighted by atomic mass is 10.1. The maximum Gasteiger partial charge on any atom is 0.263 e. The molecule has 1 amide bonds. The fraction of sp³-hybridized carbons (Fsp3) is 0.292. The Hall–Kier alpha value is -3.56. The first-order valence-corrected chi connectivity index (χ1v) is 11.3. The number of hydrogen-bond donors (Lipinski definition) is 1. The number of hydrogen-bond acceptors (Lipinski definition) is 7. The molecule has 9 nitrogen and oxygen atoms in total. The van der Waals surface area contributed by atoms with Crippen LogP contribution >= 0.6 is 11.6 Å². The van der Waals surface area contributed by atoms with Gasteiger partial charge in [-0.05, 0) is 56.2 Å². The van der Waals surface area contributed by atoms with Gasteiger partial charge in [0.25, 0.3) is 5.89 Å². The van der Waals surface area contributed by atoms with Crippen LogP contribution in [0.25, 0.3) is 33.9 Å². The second-order valence-electron chi connectivity index (χ2n) is 8.19. The minimum Gasteiger partial charge on any atom is -0.376 e. The number of fused-ring (bicyclic) bond motifs is 1. The third kappa shape index (κ3) is 4.57. The summed E-state index contributed by atoms with van der Waals surface area (Å²) in [5.74, 6) is 0.182. The van der Waals surface area contributed by atoms with Crippen molar-refractivity contribution in [3.8, 4) is 22.8 Å². The number of ether oxygens (including phenoxy) is 1. The Bertz CT molecular complexity index is 1410. The van der Waals surface area contributed by atoms with E-state index in [4.69, 9.17) is 20.9 Å². The van der Waals surface area contributed by atoms with E-state index in [0.29, 0.717) is 34.0 Å². The fourth-order valence-electron chi connectivity index (χ4n) is 3.93. The summed E-state index contributed by atoms with van der Waals surface area (Å²) in [6.07, 6.45) is 3.51. The summed E-state index contributed by atoms with van der Waals surface area (Å²) < 4.78 is 12.6. The molecule has 174 valence electrons. The van der Waals surface area contributed by atoms with Crippen molar-refractivity contribution in [3.63, 3.8) is 0 Å². The molecule has 1 aliphatic rings. The standard InChI is InChI=1S/C24H22ClN5O4/c1-14-4-9-18-21(32)19(24-28-22(29-34-24)15-5-7-16(25)8-6-15)12-30(23(18)27-14)13-20(31)26-11-17-3-2-10-33-17/h4-9,12,17H,2-3,10-11,13H2,1H3,(H,26,31)/t17-/m1/s1. The Morgan fingerprint density at radius 1 is 1.21 bits per heavy atom. The Morgan fingerprint density at radius 2 is 2.03 bits per heavy atom. The van der Waals surface area contributed by atoms with Crippen molar-refractivity contribution in [1.29, 1.82) is 0 Å². The van der Waals surface area contributed by atoms with Crippen LogP contribution < -0.4 is 10.7 Å². The highest BCUT2D eigenvalue weighted by Gasteiger charge is 2.20. The number of aromatic nitrogens is 4. The lowest BCUT2D eigenvalue weighted by Gasteiger charge is -2.14. The summed E-state index contributed by atoms with van der Waals surface area (Å²) in [6, 6.07) is 10.4. The molecule has 1 N–H and O–H groups in total. The number of nitrogens with zero attached hydrogens (tertiary/aromatic N) is 4. The number of carbonyl (C=O) groups excluding carboxylic acids is 1. The van der Waals surface area contributed by atoms with Crippen LogP contribution in [0.3, 0.4) is 0 Å². The number of carbonyl (C=O) groups is 1. The van der Waals surface area contributed by atoms with Gasteiger partial charge >= 0.3 is 0 Å². The third-order valence-corrected chi connectivity index (χ3v) is 5.94. The first-order chi connectivity index (χ1) is 16.5. The maximum absolute atomic E-state index is 13.3. The van der Waals surface area contributed by atoms with Crippen LogP contribution in [0, 0.1) is 6.92 Å². The number of aryl methyl sites for hydroxylation is 1. The van der Waals surface area contributed by atoms with Crippen LogP contribution in [0.1, 0.15) is 18.5 Å². The van der Waals surface area contributed by atoms with Gasteiger partial charge in [-0.3, -0.25) is 9.59 Å². The lowest BCUT2D eigenvalue weighted by Crippen LogP contribution is -2.34. The Kier molecular flexibility index (Phi) is 6.12. The van der Waals surface area contributed by atoms with Crippen molar-refractivity contribution in [1.82, 2.24) is 25.0 Å². The molecule has 34 heavy (non-hydrogen) atoms. The van der Waals surface area contributed by atoms with Gasteiger partial charge in [-0.25, -0.2) is 4.98 Å². The Labute approximate surface area is 199 Å². The van der Waals surface area contributed by atoms with E-state index in [9.17, 15) is 9.59 Å². The van der Waals surface area contributed by atoms with E-state index in [2.05, 4.69) is 20.4 Å². The van der Waals surface area contributed by atoms with E-state index in [1.54, 1.807) is 47.2 Å². The maximum atomic E-state index is 13.3. The quantitative estimate of drug-likeness (QED) is 0.451. The third-order valence-electron chi connectivity index (χ3n) is 5.68. The van der Waals surface area contributed by atoms with Crippen molar-refractivity contribution in [2.75, 3.05) is 13.2 Å². The van der Waals surface area contributed by atoms with Crippen LogP contribution in [-0.4, -0.2) is 44.9 Å². The molecule has 4 aromatic rings. The van der Waals surface area contributed by atoms with E-state index < -0.39 is 0 Å². The highest BCUT2D eigenvalue weighted by molar-refractivity contribution is 6.30. The van der Waals surface area contributed by atoms with Gasteiger partial charge in [0.05, 0.1) is 11.5 Å². The van der Waals surface area contributed by atoms with Crippen LogP contribution in [0.15, 0.2) is 51.9 Å². The highest BCUT2D eigenvalue weighted by atomic mass is 35.5. The summed E-state index contributed by atoms with van der Waals surface area (Å²) in [6.45, 7) is 2.98. The van der Waals surface area contributed by atoms with Crippen LogP contribution in [0.2, 0.25) is 5.02 Å². The molecule has 1 aliphatic heterocycles. The monoisotopic (exact) mass is 479 g/mol. The van der Waals surface area contributed by atoms with Gasteiger partial charge in [-0.2, -0.15) is 4.98 Å². The zero-order valence-electron chi connectivity index (χ0n) is 18.5. The molecule has 1 aromatic carbocycles. The molecule has 4 heterocycles. The van der Waals surface area contributed by atoms with E-state index in [0.717, 1.165) is 25.1 Å². The minimum absolute atomic E-state index is 0.0227. The molecule has 1 fully saturated rings. The van der Waals surface area contributed by atoms with Gasteiger partial charge in [0.2, 0.25) is 17.2 Å². The van der Waals surface area contributed by atoms with Crippen LogP contribution in [0.4, 0.5) is 0 Å². The average Bonchev–Trinajstić information content (AvgIpc) is 3.52. The van der Waals surface area contributed by atoms with E-state index in [-0.39, 0.29) is 35.4 Å². The second kappa shape index (κ2) is 9.36. The van der Waals surface area contributed by atoms with Crippen molar-refractivity contribution in [3.05, 3.63) is 63.5 Å². The first-order valence-electron chi connectivity index (χ1n) is 11.0. The number of amides is 1. The zero-order valence-corrected chi connectivity index (χ0v) is 19.2. The minimum atomic E-state index is -0.301. The number of pyridine rings is 2. The smallest absolute Gasteiger partial charge is 0.263 e. The van der Waals surface area contributed by atoms with Gasteiger partial charge in [0, 0.05) is 35.6 Å². The fourth-order valence-corrected chi connectivity index (χ4v) is 4.05. The summed E-state index contributed by atoms with van der Waals surface area (Å²) in [4.78, 5) is 34.8. The summed E-state index contributed by atoms with van der Waals surface area (Å²) in [5, 5.41) is 7.86. The number of benzene rings is 1. The SMILES string of the molecule is Cc1ccc2c(=O)c(-c3nc(-c4ccc(Cl)cc4)no3)cn(CC(=O)NC[C@H]3CCCO3)c2n1. The van der Waals surface area contributed by atoms with Crippen molar-refractivity contribution < 1.29 is 14.1 Å². The molecule has 0 saturated carbocycles. The van der Waals surface area contributed by atoms with Gasteiger partial charge in [0.1, 0.15) is 17.8 Å². The Balaban J connectivity index is 1.49. The first kappa shape index (κ1) is 22.2. The molecule has 0 aliphatic carbocycles.